The molecule has 114 valence electrons. The first-order chi connectivity index (χ1) is 9.44. The number of aliphatic hydroxyl groups excluding tert-OH is 2. The van der Waals surface area contributed by atoms with Crippen molar-refractivity contribution in [3.05, 3.63) is 12.4 Å². The molecular formula is C13H25N5O2. The molecule has 0 saturated carbocycles. The molecule has 0 aliphatic carbocycles. The van der Waals surface area contributed by atoms with Crippen LogP contribution >= 0.6 is 0 Å². The lowest BCUT2D eigenvalue weighted by Gasteiger charge is -2.28. The van der Waals surface area contributed by atoms with Crippen LogP contribution in [0, 0.1) is 0 Å². The van der Waals surface area contributed by atoms with E-state index in [1.807, 2.05) is 14.1 Å². The number of hydrogen-bond donors (Lipinski definition) is 3. The van der Waals surface area contributed by atoms with Gasteiger partial charge < -0.3 is 20.8 Å². The van der Waals surface area contributed by atoms with Crippen molar-refractivity contribution in [2.45, 2.75) is 31.2 Å². The van der Waals surface area contributed by atoms with Crippen LogP contribution in [0.15, 0.2) is 12.4 Å². The van der Waals surface area contributed by atoms with Gasteiger partial charge in [0.05, 0.1) is 30.6 Å². The molecule has 3 unspecified atom stereocenters. The van der Waals surface area contributed by atoms with Crippen molar-refractivity contribution < 1.29 is 10.2 Å². The van der Waals surface area contributed by atoms with Gasteiger partial charge in [0.1, 0.15) is 0 Å². The SMILES string of the molecule is CN(C)CC1CC(O)CN1CC(O)Cn1cc(N)cn1. The molecule has 1 aromatic rings. The van der Waals surface area contributed by atoms with Gasteiger partial charge in [-0.05, 0) is 20.5 Å². The Balaban J connectivity index is 1.87. The number of nitrogens with zero attached hydrogens (tertiary/aromatic N) is 4. The average Bonchev–Trinajstić information content (AvgIpc) is 2.85. The Bertz CT molecular complexity index is 423. The standard InChI is InChI=1S/C13H25N5O2/c1-16(2)6-11-3-12(19)7-17(11)8-13(20)9-18-5-10(14)4-15-18/h4-5,11-13,19-20H,3,6-9,14H2,1-2H3. The van der Waals surface area contributed by atoms with Crippen LogP contribution in [0.4, 0.5) is 5.69 Å². The van der Waals surface area contributed by atoms with Gasteiger partial charge in [-0.3, -0.25) is 9.58 Å². The second-order valence-corrected chi connectivity index (χ2v) is 5.91. The van der Waals surface area contributed by atoms with Crippen molar-refractivity contribution >= 4 is 5.69 Å². The minimum atomic E-state index is -0.524. The van der Waals surface area contributed by atoms with Gasteiger partial charge in [-0.15, -0.1) is 0 Å². The van der Waals surface area contributed by atoms with E-state index in [9.17, 15) is 10.2 Å². The second kappa shape index (κ2) is 6.53. The highest BCUT2D eigenvalue weighted by atomic mass is 16.3. The summed E-state index contributed by atoms with van der Waals surface area (Å²) in [5.74, 6) is 0. The van der Waals surface area contributed by atoms with Crippen molar-refractivity contribution in [3.8, 4) is 0 Å². The number of anilines is 1. The summed E-state index contributed by atoms with van der Waals surface area (Å²) in [5.41, 5.74) is 6.20. The van der Waals surface area contributed by atoms with Gasteiger partial charge in [0, 0.05) is 31.9 Å². The molecule has 1 aliphatic rings. The smallest absolute Gasteiger partial charge is 0.0862 e. The first-order valence-corrected chi connectivity index (χ1v) is 6.97. The van der Waals surface area contributed by atoms with E-state index in [1.165, 1.54) is 0 Å². The van der Waals surface area contributed by atoms with Gasteiger partial charge in [0.2, 0.25) is 0 Å². The molecule has 0 spiro atoms. The molecule has 1 fully saturated rings. The number of aliphatic hydroxyl groups is 2. The Morgan fingerprint density at radius 1 is 1.50 bits per heavy atom. The summed E-state index contributed by atoms with van der Waals surface area (Å²) in [5, 5.41) is 24.1. The summed E-state index contributed by atoms with van der Waals surface area (Å²) < 4.78 is 1.65. The Kier molecular flexibility index (Phi) is 4.98. The zero-order valence-corrected chi connectivity index (χ0v) is 12.2. The lowest BCUT2D eigenvalue weighted by Crippen LogP contribution is -2.42. The Hall–Kier alpha value is -1.15. The third-order valence-corrected chi connectivity index (χ3v) is 3.58. The van der Waals surface area contributed by atoms with E-state index in [-0.39, 0.29) is 12.1 Å². The van der Waals surface area contributed by atoms with Crippen LogP contribution in [0.3, 0.4) is 0 Å². The molecule has 20 heavy (non-hydrogen) atoms. The molecule has 2 rings (SSSR count). The van der Waals surface area contributed by atoms with E-state index in [4.69, 9.17) is 5.73 Å². The number of rotatable bonds is 6. The predicted octanol–water partition coefficient (Wildman–Crippen LogP) is -1.18. The summed E-state index contributed by atoms with van der Waals surface area (Å²) in [6, 6.07) is 0.289. The zero-order chi connectivity index (χ0) is 14.7. The second-order valence-electron chi connectivity index (χ2n) is 5.91. The number of likely N-dealkylation sites (N-methyl/N-ethyl adjacent to an activating group) is 1. The van der Waals surface area contributed by atoms with Gasteiger partial charge in [0.15, 0.2) is 0 Å². The number of nitrogen functional groups attached to an aromatic ring is 1. The molecule has 2 heterocycles. The van der Waals surface area contributed by atoms with Gasteiger partial charge in [-0.1, -0.05) is 0 Å². The van der Waals surface area contributed by atoms with Gasteiger partial charge in [-0.2, -0.15) is 5.10 Å². The van der Waals surface area contributed by atoms with Crippen molar-refractivity contribution in [2.24, 2.45) is 0 Å². The minimum absolute atomic E-state index is 0.289. The lowest BCUT2D eigenvalue weighted by molar-refractivity contribution is 0.0786. The van der Waals surface area contributed by atoms with Crippen LogP contribution in [-0.2, 0) is 6.54 Å². The maximum Gasteiger partial charge on any atom is 0.0862 e. The third-order valence-electron chi connectivity index (χ3n) is 3.58. The van der Waals surface area contributed by atoms with E-state index in [2.05, 4.69) is 14.9 Å². The number of likely N-dealkylation sites (tertiary alicyclic amines) is 1. The fourth-order valence-corrected chi connectivity index (χ4v) is 2.82. The predicted molar refractivity (Wildman–Crippen MR) is 77.2 cm³/mol. The largest absolute Gasteiger partial charge is 0.396 e. The first-order valence-electron chi connectivity index (χ1n) is 6.97. The maximum atomic E-state index is 10.2. The van der Waals surface area contributed by atoms with Crippen LogP contribution in [0.25, 0.3) is 0 Å². The average molecular weight is 283 g/mol. The molecule has 1 aromatic heterocycles. The van der Waals surface area contributed by atoms with E-state index in [1.54, 1.807) is 17.1 Å². The number of β-amino-alcohol motifs (C(OH)–C–C–N with tert-alkyl or cyclic N) is 2. The fraction of sp³-hybridized carbons (Fsp3) is 0.769. The van der Waals surface area contributed by atoms with Crippen molar-refractivity contribution in [2.75, 3.05) is 39.5 Å². The van der Waals surface area contributed by atoms with E-state index in [0.717, 1.165) is 13.0 Å². The Morgan fingerprint density at radius 3 is 2.85 bits per heavy atom. The first kappa shape index (κ1) is 15.2. The van der Waals surface area contributed by atoms with E-state index in [0.29, 0.717) is 25.3 Å². The molecule has 7 heteroatoms. The van der Waals surface area contributed by atoms with E-state index < -0.39 is 6.10 Å². The molecule has 4 N–H and O–H groups in total. The number of nitrogens with two attached hydrogens (primary N) is 1. The highest BCUT2D eigenvalue weighted by Crippen LogP contribution is 2.19. The Morgan fingerprint density at radius 2 is 2.25 bits per heavy atom. The monoisotopic (exact) mass is 283 g/mol. The van der Waals surface area contributed by atoms with Crippen molar-refractivity contribution in [3.63, 3.8) is 0 Å². The molecule has 0 aromatic carbocycles. The van der Waals surface area contributed by atoms with Crippen LogP contribution < -0.4 is 5.73 Å². The zero-order valence-electron chi connectivity index (χ0n) is 12.2. The molecule has 1 saturated heterocycles. The van der Waals surface area contributed by atoms with Crippen LogP contribution in [0.1, 0.15) is 6.42 Å². The molecule has 3 atom stereocenters. The fourth-order valence-electron chi connectivity index (χ4n) is 2.82. The van der Waals surface area contributed by atoms with Crippen LogP contribution in [0.5, 0.6) is 0 Å². The summed E-state index contributed by atoms with van der Waals surface area (Å²) in [6.45, 7) is 2.46. The molecular weight excluding hydrogens is 258 g/mol. The van der Waals surface area contributed by atoms with Gasteiger partial charge in [0.25, 0.3) is 0 Å². The van der Waals surface area contributed by atoms with Crippen molar-refractivity contribution in [1.29, 1.82) is 0 Å². The molecule has 7 nitrogen and oxygen atoms in total. The highest BCUT2D eigenvalue weighted by Gasteiger charge is 2.32. The minimum Gasteiger partial charge on any atom is -0.396 e. The third kappa shape index (κ3) is 4.17. The van der Waals surface area contributed by atoms with Gasteiger partial charge in [-0.25, -0.2) is 0 Å². The summed E-state index contributed by atoms with van der Waals surface area (Å²) in [6.07, 6.45) is 3.22. The summed E-state index contributed by atoms with van der Waals surface area (Å²) >= 11 is 0. The number of aromatic nitrogens is 2. The summed E-state index contributed by atoms with van der Waals surface area (Å²) in [7, 11) is 4.04. The van der Waals surface area contributed by atoms with Crippen LogP contribution in [0.2, 0.25) is 0 Å². The maximum absolute atomic E-state index is 10.2. The topological polar surface area (TPSA) is 90.8 Å². The Labute approximate surface area is 119 Å². The normalized spacial score (nSPS) is 25.4. The van der Waals surface area contributed by atoms with Crippen molar-refractivity contribution in [1.82, 2.24) is 19.6 Å². The molecule has 0 amide bonds. The quantitative estimate of drug-likeness (QED) is 0.609. The molecule has 0 radical (unpaired) electrons. The lowest BCUT2D eigenvalue weighted by atomic mass is 10.2. The highest BCUT2D eigenvalue weighted by molar-refractivity contribution is 5.30. The molecule has 0 bridgehead atoms. The van der Waals surface area contributed by atoms with Crippen LogP contribution in [-0.4, -0.2) is 81.8 Å². The molecule has 1 aliphatic heterocycles. The van der Waals surface area contributed by atoms with E-state index >= 15 is 0 Å². The summed E-state index contributed by atoms with van der Waals surface area (Å²) in [4.78, 5) is 4.26. The van der Waals surface area contributed by atoms with Gasteiger partial charge >= 0.3 is 0 Å². The number of hydrogen-bond acceptors (Lipinski definition) is 6.